The molecule has 1 saturated carbocycles. The van der Waals surface area contributed by atoms with Gasteiger partial charge in [0, 0.05) is 18.2 Å². The number of hydrogen-bond donors (Lipinski definition) is 1. The van der Waals surface area contributed by atoms with Crippen molar-refractivity contribution in [2.45, 2.75) is 39.2 Å². The van der Waals surface area contributed by atoms with E-state index in [9.17, 15) is 10.1 Å². The van der Waals surface area contributed by atoms with E-state index in [0.29, 0.717) is 17.6 Å². The van der Waals surface area contributed by atoms with Gasteiger partial charge in [-0.05, 0) is 31.1 Å². The molecule has 1 aliphatic carbocycles. The third kappa shape index (κ3) is 3.18. The van der Waals surface area contributed by atoms with Crippen molar-refractivity contribution in [3.63, 3.8) is 0 Å². The number of pyridine rings is 1. The van der Waals surface area contributed by atoms with Crippen LogP contribution in [-0.2, 0) is 0 Å². The number of nitrogens with one attached hydrogen (secondary N) is 1. The first-order valence-electron chi connectivity index (χ1n) is 6.97. The minimum Gasteiger partial charge on any atom is -0.481 e. The molecule has 3 atom stereocenters. The van der Waals surface area contributed by atoms with Crippen LogP contribution in [0.25, 0.3) is 0 Å². The summed E-state index contributed by atoms with van der Waals surface area (Å²) >= 11 is 0. The van der Waals surface area contributed by atoms with Gasteiger partial charge in [0.15, 0.2) is 0 Å². The Labute approximate surface area is 118 Å². The summed E-state index contributed by atoms with van der Waals surface area (Å²) in [6.07, 6.45) is 3.29. The molecule has 0 aliphatic heterocycles. The fourth-order valence-corrected chi connectivity index (χ4v) is 2.86. The summed E-state index contributed by atoms with van der Waals surface area (Å²) in [7, 11) is 1.50. The minimum atomic E-state index is -0.412. The molecule has 1 aromatic rings. The second kappa shape index (κ2) is 6.07. The highest BCUT2D eigenvalue weighted by Gasteiger charge is 2.28. The van der Waals surface area contributed by atoms with Gasteiger partial charge in [0.2, 0.25) is 11.7 Å². The summed E-state index contributed by atoms with van der Waals surface area (Å²) in [5, 5.41) is 14.3. The van der Waals surface area contributed by atoms with Crippen LogP contribution in [-0.4, -0.2) is 23.1 Å². The number of methoxy groups -OCH3 is 1. The van der Waals surface area contributed by atoms with Crippen molar-refractivity contribution in [1.29, 1.82) is 0 Å². The first-order chi connectivity index (χ1) is 9.51. The standard InChI is InChI=1S/C14H21N3O3/c1-9-4-5-11(10(2)8-9)15-14-12(17(18)19)6-7-13(16-14)20-3/h6-7,9-11H,4-5,8H2,1-3H3,(H,15,16). The van der Waals surface area contributed by atoms with Crippen molar-refractivity contribution in [2.24, 2.45) is 11.8 Å². The number of ether oxygens (including phenoxy) is 1. The number of hydrogen-bond acceptors (Lipinski definition) is 5. The fraction of sp³-hybridized carbons (Fsp3) is 0.643. The Morgan fingerprint density at radius 1 is 1.40 bits per heavy atom. The molecular weight excluding hydrogens is 258 g/mol. The summed E-state index contributed by atoms with van der Waals surface area (Å²) in [5.41, 5.74) is -0.00313. The summed E-state index contributed by atoms with van der Waals surface area (Å²) in [6.45, 7) is 4.43. The summed E-state index contributed by atoms with van der Waals surface area (Å²) < 4.78 is 5.05. The van der Waals surface area contributed by atoms with Crippen molar-refractivity contribution < 1.29 is 9.66 Å². The van der Waals surface area contributed by atoms with Gasteiger partial charge in [0.05, 0.1) is 12.0 Å². The first-order valence-corrected chi connectivity index (χ1v) is 6.97. The number of anilines is 1. The average Bonchev–Trinajstić information content (AvgIpc) is 2.41. The minimum absolute atomic E-state index is 0.00313. The number of nitrogens with zero attached hydrogens (tertiary/aromatic N) is 2. The molecule has 0 spiro atoms. The molecule has 1 aromatic heterocycles. The van der Waals surface area contributed by atoms with Crippen LogP contribution in [0.4, 0.5) is 11.5 Å². The predicted octanol–water partition coefficient (Wildman–Crippen LogP) is 3.24. The van der Waals surface area contributed by atoms with E-state index in [-0.39, 0.29) is 11.7 Å². The predicted molar refractivity (Wildman–Crippen MR) is 77.0 cm³/mol. The van der Waals surface area contributed by atoms with Crippen molar-refractivity contribution in [3.05, 3.63) is 22.2 Å². The molecule has 20 heavy (non-hydrogen) atoms. The van der Waals surface area contributed by atoms with E-state index in [4.69, 9.17) is 4.74 Å². The highest BCUT2D eigenvalue weighted by molar-refractivity contribution is 5.57. The van der Waals surface area contributed by atoms with Gasteiger partial charge in [0.25, 0.3) is 0 Å². The Morgan fingerprint density at radius 2 is 2.15 bits per heavy atom. The van der Waals surface area contributed by atoms with Crippen LogP contribution in [0.3, 0.4) is 0 Å². The van der Waals surface area contributed by atoms with Gasteiger partial charge in [-0.2, -0.15) is 4.98 Å². The molecule has 1 N–H and O–H groups in total. The van der Waals surface area contributed by atoms with Crippen molar-refractivity contribution in [3.8, 4) is 5.88 Å². The number of nitro groups is 1. The van der Waals surface area contributed by atoms with E-state index >= 15 is 0 Å². The molecule has 0 aromatic carbocycles. The van der Waals surface area contributed by atoms with Crippen LogP contribution in [0.1, 0.15) is 33.1 Å². The van der Waals surface area contributed by atoms with Crippen LogP contribution >= 0.6 is 0 Å². The molecule has 1 heterocycles. The lowest BCUT2D eigenvalue weighted by Gasteiger charge is -2.33. The van der Waals surface area contributed by atoms with Crippen LogP contribution in [0.15, 0.2) is 12.1 Å². The number of aromatic nitrogens is 1. The normalized spacial score (nSPS) is 26.1. The van der Waals surface area contributed by atoms with Crippen LogP contribution < -0.4 is 10.1 Å². The zero-order valence-corrected chi connectivity index (χ0v) is 12.1. The van der Waals surface area contributed by atoms with Gasteiger partial charge in [-0.25, -0.2) is 0 Å². The quantitative estimate of drug-likeness (QED) is 0.676. The van der Waals surface area contributed by atoms with Crippen LogP contribution in [0, 0.1) is 22.0 Å². The molecule has 0 radical (unpaired) electrons. The largest absolute Gasteiger partial charge is 0.481 e. The third-order valence-electron chi connectivity index (χ3n) is 4.01. The van der Waals surface area contributed by atoms with Crippen molar-refractivity contribution >= 4 is 11.5 Å². The monoisotopic (exact) mass is 279 g/mol. The van der Waals surface area contributed by atoms with E-state index < -0.39 is 4.92 Å². The molecular formula is C14H21N3O3. The van der Waals surface area contributed by atoms with Crippen LogP contribution in [0.5, 0.6) is 5.88 Å². The Balaban J connectivity index is 2.20. The smallest absolute Gasteiger partial charge is 0.311 e. The van der Waals surface area contributed by atoms with E-state index in [1.807, 2.05) is 0 Å². The molecule has 110 valence electrons. The maximum absolute atomic E-state index is 11.1. The Morgan fingerprint density at radius 3 is 2.75 bits per heavy atom. The highest BCUT2D eigenvalue weighted by atomic mass is 16.6. The zero-order valence-electron chi connectivity index (χ0n) is 12.1. The third-order valence-corrected chi connectivity index (χ3v) is 4.01. The number of rotatable bonds is 4. The van der Waals surface area contributed by atoms with E-state index in [2.05, 4.69) is 24.1 Å². The van der Waals surface area contributed by atoms with Crippen molar-refractivity contribution in [2.75, 3.05) is 12.4 Å². The first kappa shape index (κ1) is 14.6. The fourth-order valence-electron chi connectivity index (χ4n) is 2.86. The highest BCUT2D eigenvalue weighted by Crippen LogP contribution is 2.33. The van der Waals surface area contributed by atoms with E-state index in [0.717, 1.165) is 25.2 Å². The maximum Gasteiger partial charge on any atom is 0.311 e. The van der Waals surface area contributed by atoms with Gasteiger partial charge in [-0.3, -0.25) is 10.1 Å². The average molecular weight is 279 g/mol. The van der Waals surface area contributed by atoms with Crippen molar-refractivity contribution in [1.82, 2.24) is 4.98 Å². The molecule has 0 saturated heterocycles. The van der Waals surface area contributed by atoms with Gasteiger partial charge in [-0.1, -0.05) is 13.8 Å². The van der Waals surface area contributed by atoms with E-state index in [1.54, 1.807) is 0 Å². The lowest BCUT2D eigenvalue weighted by molar-refractivity contribution is -0.384. The van der Waals surface area contributed by atoms with Gasteiger partial charge in [-0.15, -0.1) is 0 Å². The van der Waals surface area contributed by atoms with Gasteiger partial charge in [0.1, 0.15) is 0 Å². The summed E-state index contributed by atoms with van der Waals surface area (Å²) in [4.78, 5) is 14.9. The van der Waals surface area contributed by atoms with Crippen LogP contribution in [0.2, 0.25) is 0 Å². The van der Waals surface area contributed by atoms with E-state index in [1.165, 1.54) is 19.2 Å². The molecule has 1 fully saturated rings. The SMILES string of the molecule is COc1ccc([N+](=O)[O-])c(NC2CCC(C)CC2C)n1. The molecule has 6 heteroatoms. The molecule has 6 nitrogen and oxygen atoms in total. The molecule has 2 rings (SSSR count). The van der Waals surface area contributed by atoms with Gasteiger partial charge >= 0.3 is 5.69 Å². The summed E-state index contributed by atoms with van der Waals surface area (Å²) in [6, 6.07) is 3.17. The Kier molecular flexibility index (Phi) is 4.42. The lowest BCUT2D eigenvalue weighted by Crippen LogP contribution is -2.33. The Hall–Kier alpha value is -1.85. The second-order valence-electron chi connectivity index (χ2n) is 5.62. The lowest BCUT2D eigenvalue weighted by atomic mass is 9.80. The zero-order chi connectivity index (χ0) is 14.7. The Bertz CT molecular complexity index is 493. The molecule has 1 aliphatic rings. The summed E-state index contributed by atoms with van der Waals surface area (Å²) in [5.74, 6) is 1.89. The topological polar surface area (TPSA) is 77.3 Å². The molecule has 0 bridgehead atoms. The molecule has 0 amide bonds. The maximum atomic E-state index is 11.1. The van der Waals surface area contributed by atoms with Gasteiger partial charge < -0.3 is 10.1 Å². The molecule has 3 unspecified atom stereocenters. The second-order valence-corrected chi connectivity index (χ2v) is 5.62.